The monoisotopic (exact) mass is 472 g/mol. The summed E-state index contributed by atoms with van der Waals surface area (Å²) >= 11 is 1.56. The average Bonchev–Trinajstić information content (AvgIpc) is 3.58. The fourth-order valence-electron chi connectivity index (χ4n) is 4.04. The number of para-hydroxylation sites is 1. The van der Waals surface area contributed by atoms with Gasteiger partial charge < -0.3 is 10.2 Å². The van der Waals surface area contributed by atoms with E-state index >= 15 is 0 Å². The van der Waals surface area contributed by atoms with Crippen LogP contribution < -0.4 is 5.32 Å². The van der Waals surface area contributed by atoms with Crippen LogP contribution in [0.15, 0.2) is 72.4 Å². The zero-order valence-corrected chi connectivity index (χ0v) is 19.3. The number of aromatic nitrogens is 4. The van der Waals surface area contributed by atoms with Crippen LogP contribution in [0.2, 0.25) is 0 Å². The van der Waals surface area contributed by atoms with Crippen LogP contribution in [0.5, 0.6) is 0 Å². The molecule has 0 radical (unpaired) electrons. The molecule has 1 fully saturated rings. The third-order valence-electron chi connectivity index (χ3n) is 5.88. The average molecular weight is 473 g/mol. The maximum absolute atomic E-state index is 13.2. The molecule has 1 saturated heterocycles. The van der Waals surface area contributed by atoms with E-state index in [0.717, 1.165) is 16.1 Å². The van der Waals surface area contributed by atoms with Gasteiger partial charge in [-0.3, -0.25) is 14.6 Å². The van der Waals surface area contributed by atoms with Crippen molar-refractivity contribution in [3.8, 4) is 16.4 Å². The Labute approximate surface area is 201 Å². The number of hydrogen-bond donors (Lipinski definition) is 1. The Bertz CT molecular complexity index is 1250. The van der Waals surface area contributed by atoms with Crippen molar-refractivity contribution in [1.82, 2.24) is 30.0 Å². The van der Waals surface area contributed by atoms with Crippen LogP contribution in [0.25, 0.3) is 16.4 Å². The number of hydrogen-bond acceptors (Lipinski definition) is 6. The van der Waals surface area contributed by atoms with E-state index in [4.69, 9.17) is 0 Å². The maximum atomic E-state index is 13.2. The van der Waals surface area contributed by atoms with Gasteiger partial charge in [-0.1, -0.05) is 30.3 Å². The molecule has 0 unspecified atom stereocenters. The molecule has 5 rings (SSSR count). The van der Waals surface area contributed by atoms with Crippen LogP contribution in [0.3, 0.4) is 0 Å². The number of pyridine rings is 1. The Kier molecular flexibility index (Phi) is 6.44. The maximum Gasteiger partial charge on any atom is 0.293 e. The highest BCUT2D eigenvalue weighted by molar-refractivity contribution is 7.13. The van der Waals surface area contributed by atoms with E-state index in [1.807, 2.05) is 60.0 Å². The Morgan fingerprint density at radius 2 is 1.85 bits per heavy atom. The molecular formula is C25H24N6O2S. The molecule has 1 aliphatic rings. The van der Waals surface area contributed by atoms with E-state index in [1.165, 1.54) is 0 Å². The highest BCUT2D eigenvalue weighted by Gasteiger charge is 2.30. The lowest BCUT2D eigenvalue weighted by molar-refractivity contribution is -0.126. The number of thiophene rings is 1. The summed E-state index contributed by atoms with van der Waals surface area (Å²) in [6.45, 7) is 1.45. The molecule has 8 nitrogen and oxygen atoms in total. The Hall–Kier alpha value is -3.85. The Morgan fingerprint density at radius 1 is 1.03 bits per heavy atom. The van der Waals surface area contributed by atoms with E-state index in [9.17, 15) is 9.59 Å². The zero-order chi connectivity index (χ0) is 23.3. The van der Waals surface area contributed by atoms with E-state index in [2.05, 4.69) is 20.4 Å². The second kappa shape index (κ2) is 9.96. The molecule has 172 valence electrons. The number of likely N-dealkylation sites (tertiary alicyclic amines) is 1. The third kappa shape index (κ3) is 4.74. The lowest BCUT2D eigenvalue weighted by Gasteiger charge is -2.30. The number of amides is 2. The SMILES string of the molecule is O=C(NCc1cccnc1)C1CCN(C(=O)c2nc(-c3cccs3)n(-c3ccccc3)n2)CC1. The van der Waals surface area contributed by atoms with Gasteiger partial charge >= 0.3 is 0 Å². The van der Waals surface area contributed by atoms with Crippen molar-refractivity contribution in [1.29, 1.82) is 0 Å². The standard InChI is InChI=1S/C25H24N6O2S/c32-24(27-17-18-6-4-12-26-16-18)19-10-13-30(14-11-19)25(33)22-28-23(21-9-5-15-34-21)31(29-22)20-7-2-1-3-8-20/h1-9,12,15-16,19H,10-11,13-14,17H2,(H,27,32). The summed E-state index contributed by atoms with van der Waals surface area (Å²) in [5, 5.41) is 9.52. The first-order valence-corrected chi connectivity index (χ1v) is 12.1. The van der Waals surface area contributed by atoms with Crippen LogP contribution >= 0.6 is 11.3 Å². The van der Waals surface area contributed by atoms with Gasteiger partial charge in [0, 0.05) is 37.9 Å². The van der Waals surface area contributed by atoms with Gasteiger partial charge in [0.15, 0.2) is 5.82 Å². The lowest BCUT2D eigenvalue weighted by Crippen LogP contribution is -2.43. The van der Waals surface area contributed by atoms with Crippen LogP contribution in [-0.4, -0.2) is 49.6 Å². The molecule has 9 heteroatoms. The van der Waals surface area contributed by atoms with Crippen LogP contribution in [0, 0.1) is 5.92 Å². The number of carbonyl (C=O) groups is 2. The molecule has 4 aromatic rings. The molecule has 1 N–H and O–H groups in total. The van der Waals surface area contributed by atoms with E-state index < -0.39 is 0 Å². The predicted octanol–water partition coefficient (Wildman–Crippen LogP) is 3.56. The van der Waals surface area contributed by atoms with E-state index in [-0.39, 0.29) is 23.6 Å². The molecular weight excluding hydrogens is 448 g/mol. The van der Waals surface area contributed by atoms with Crippen molar-refractivity contribution in [3.63, 3.8) is 0 Å². The second-order valence-corrected chi connectivity index (χ2v) is 9.08. The molecule has 0 bridgehead atoms. The van der Waals surface area contributed by atoms with Gasteiger partial charge in [-0.15, -0.1) is 16.4 Å². The predicted molar refractivity (Wildman–Crippen MR) is 129 cm³/mol. The Morgan fingerprint density at radius 3 is 2.56 bits per heavy atom. The number of carbonyl (C=O) groups excluding carboxylic acids is 2. The smallest absolute Gasteiger partial charge is 0.293 e. The largest absolute Gasteiger partial charge is 0.352 e. The summed E-state index contributed by atoms with van der Waals surface area (Å²) in [6, 6.07) is 17.4. The number of benzene rings is 1. The van der Waals surface area contributed by atoms with Crippen molar-refractivity contribution in [2.24, 2.45) is 5.92 Å². The van der Waals surface area contributed by atoms with Crippen molar-refractivity contribution < 1.29 is 9.59 Å². The van der Waals surface area contributed by atoms with Gasteiger partial charge in [0.25, 0.3) is 5.91 Å². The first kappa shape index (κ1) is 22.0. The zero-order valence-electron chi connectivity index (χ0n) is 18.5. The van der Waals surface area contributed by atoms with Gasteiger partial charge in [-0.25, -0.2) is 9.67 Å². The van der Waals surface area contributed by atoms with E-state index in [1.54, 1.807) is 33.3 Å². The number of rotatable bonds is 6. The van der Waals surface area contributed by atoms with Crippen LogP contribution in [0.1, 0.15) is 29.0 Å². The third-order valence-corrected chi connectivity index (χ3v) is 6.75. The number of nitrogens with one attached hydrogen (secondary N) is 1. The van der Waals surface area contributed by atoms with Gasteiger partial charge in [0.05, 0.1) is 10.6 Å². The normalized spacial score (nSPS) is 14.2. The molecule has 1 aromatic carbocycles. The molecule has 0 atom stereocenters. The molecule has 2 amide bonds. The van der Waals surface area contributed by atoms with Crippen molar-refractivity contribution in [2.75, 3.05) is 13.1 Å². The molecule has 4 heterocycles. The minimum Gasteiger partial charge on any atom is -0.352 e. The van der Waals surface area contributed by atoms with Crippen LogP contribution in [-0.2, 0) is 11.3 Å². The fraction of sp³-hybridized carbons (Fsp3) is 0.240. The van der Waals surface area contributed by atoms with Crippen LogP contribution in [0.4, 0.5) is 0 Å². The summed E-state index contributed by atoms with van der Waals surface area (Å²) in [5.74, 6) is 0.516. The first-order valence-electron chi connectivity index (χ1n) is 11.2. The van der Waals surface area contributed by atoms with Gasteiger partial charge in [-0.2, -0.15) is 0 Å². The summed E-state index contributed by atoms with van der Waals surface area (Å²) in [6.07, 6.45) is 4.68. The van der Waals surface area contributed by atoms with E-state index in [0.29, 0.717) is 38.3 Å². The lowest BCUT2D eigenvalue weighted by atomic mass is 9.95. The minimum absolute atomic E-state index is 0.0161. The summed E-state index contributed by atoms with van der Waals surface area (Å²) in [4.78, 5) is 37.2. The minimum atomic E-state index is -0.207. The van der Waals surface area contributed by atoms with Crippen molar-refractivity contribution in [2.45, 2.75) is 19.4 Å². The topological polar surface area (TPSA) is 93.0 Å². The molecule has 0 spiro atoms. The summed E-state index contributed by atoms with van der Waals surface area (Å²) in [7, 11) is 0. The van der Waals surface area contributed by atoms with Crippen molar-refractivity contribution in [3.05, 3.63) is 83.8 Å². The number of piperidine rings is 1. The second-order valence-electron chi connectivity index (χ2n) is 8.13. The molecule has 0 aliphatic carbocycles. The highest BCUT2D eigenvalue weighted by atomic mass is 32.1. The first-order chi connectivity index (χ1) is 16.7. The Balaban J connectivity index is 1.25. The number of nitrogens with zero attached hydrogens (tertiary/aromatic N) is 5. The summed E-state index contributed by atoms with van der Waals surface area (Å²) in [5.41, 5.74) is 1.81. The fourth-order valence-corrected chi connectivity index (χ4v) is 4.74. The molecule has 34 heavy (non-hydrogen) atoms. The van der Waals surface area contributed by atoms with Gasteiger partial charge in [-0.05, 0) is 48.1 Å². The van der Waals surface area contributed by atoms with Gasteiger partial charge in [0.2, 0.25) is 11.7 Å². The molecule has 3 aromatic heterocycles. The van der Waals surface area contributed by atoms with Crippen molar-refractivity contribution >= 4 is 23.2 Å². The van der Waals surface area contributed by atoms with Gasteiger partial charge in [0.1, 0.15) is 0 Å². The highest BCUT2D eigenvalue weighted by Crippen LogP contribution is 2.26. The molecule has 1 aliphatic heterocycles. The summed E-state index contributed by atoms with van der Waals surface area (Å²) < 4.78 is 1.72. The quantitative estimate of drug-likeness (QED) is 0.463. The molecule has 0 saturated carbocycles.